The quantitative estimate of drug-likeness (QED) is 0.812. The molecule has 0 bridgehead atoms. The van der Waals surface area contributed by atoms with Crippen LogP contribution in [-0.2, 0) is 16.4 Å². The van der Waals surface area contributed by atoms with Gasteiger partial charge in [-0.3, -0.25) is 9.78 Å². The Kier molecular flexibility index (Phi) is 4.73. The number of nitrogens with one attached hydrogen (secondary N) is 2. The molecule has 132 valence electrons. The lowest BCUT2D eigenvalue weighted by Gasteiger charge is -2.10. The lowest BCUT2D eigenvalue weighted by molar-refractivity contribution is 0.498. The van der Waals surface area contributed by atoms with Crippen molar-refractivity contribution in [3.05, 3.63) is 29.6 Å². The highest BCUT2D eigenvalue weighted by Gasteiger charge is 2.29. The number of hydrogen-bond acceptors (Lipinski definition) is 6. The Hall–Kier alpha value is -1.74. The zero-order valence-corrected chi connectivity index (χ0v) is 15.0. The van der Waals surface area contributed by atoms with Gasteiger partial charge in [0.25, 0.3) is 0 Å². The molecule has 2 unspecified atom stereocenters. The second-order valence-electron chi connectivity index (χ2n) is 6.72. The summed E-state index contributed by atoms with van der Waals surface area (Å²) >= 11 is 0. The first kappa shape index (κ1) is 17.1. The number of hydrogen-bond donors (Lipinski definition) is 2. The van der Waals surface area contributed by atoms with Crippen molar-refractivity contribution in [2.75, 3.05) is 11.5 Å². The van der Waals surface area contributed by atoms with E-state index in [0.717, 1.165) is 17.2 Å². The summed E-state index contributed by atoms with van der Waals surface area (Å²) in [5.41, 5.74) is 1.02. The molecule has 3 rings (SSSR count). The first-order valence-electron chi connectivity index (χ1n) is 8.23. The summed E-state index contributed by atoms with van der Waals surface area (Å²) in [5.74, 6) is 2.37. The minimum atomic E-state index is -2.90. The number of H-pyrrole nitrogens is 1. The van der Waals surface area contributed by atoms with Crippen LogP contribution < -0.4 is 5.32 Å². The Morgan fingerprint density at radius 2 is 2.21 bits per heavy atom. The fraction of sp³-hybridized carbons (Fsp3) is 0.667. The third kappa shape index (κ3) is 3.84. The lowest BCUT2D eigenvalue weighted by atomic mass is 10.2. The first-order chi connectivity index (χ1) is 11.3. The van der Waals surface area contributed by atoms with Gasteiger partial charge in [-0.15, -0.1) is 0 Å². The Balaban J connectivity index is 1.57. The average Bonchev–Trinajstić information content (AvgIpc) is 3.23. The largest absolute Gasteiger partial charge is 0.303 e. The molecule has 0 aliphatic carbocycles. The zero-order chi connectivity index (χ0) is 17.3. The van der Waals surface area contributed by atoms with Gasteiger partial charge in [0, 0.05) is 24.2 Å². The minimum Gasteiger partial charge on any atom is -0.303 e. The number of rotatable bonds is 6. The molecule has 0 spiro atoms. The first-order valence-corrected chi connectivity index (χ1v) is 10.1. The van der Waals surface area contributed by atoms with Gasteiger partial charge in [-0.05, 0) is 13.3 Å². The maximum absolute atomic E-state index is 11.6. The molecule has 2 aromatic heterocycles. The van der Waals surface area contributed by atoms with E-state index in [9.17, 15) is 8.42 Å². The molecule has 2 N–H and O–H groups in total. The standard InChI is InChI=1S/C15H24N6O2S/c1-10(2)14-18-15(20-19-14)11(3)16-6-12-7-17-21(8-12)13-4-5-24(22,23)9-13/h7-8,10-11,13,16H,4-6,9H2,1-3H3,(H,18,19,20). The molecule has 2 atom stereocenters. The van der Waals surface area contributed by atoms with Crippen molar-refractivity contribution in [2.45, 2.75) is 51.7 Å². The predicted molar refractivity (Wildman–Crippen MR) is 90.3 cm³/mol. The van der Waals surface area contributed by atoms with Crippen molar-refractivity contribution in [3.8, 4) is 0 Å². The number of nitrogens with zero attached hydrogens (tertiary/aromatic N) is 4. The normalized spacial score (nSPS) is 21.4. The fourth-order valence-corrected chi connectivity index (χ4v) is 4.46. The molecule has 2 aromatic rings. The zero-order valence-electron chi connectivity index (χ0n) is 14.2. The highest BCUT2D eigenvalue weighted by molar-refractivity contribution is 7.91. The van der Waals surface area contributed by atoms with Crippen LogP contribution in [0.25, 0.3) is 0 Å². The minimum absolute atomic E-state index is 0.0379. The van der Waals surface area contributed by atoms with E-state index < -0.39 is 9.84 Å². The van der Waals surface area contributed by atoms with Gasteiger partial charge in [-0.1, -0.05) is 13.8 Å². The molecule has 0 aromatic carbocycles. The average molecular weight is 352 g/mol. The Labute approximate surface area is 142 Å². The van der Waals surface area contributed by atoms with E-state index >= 15 is 0 Å². The SMILES string of the molecule is CC(C)c1n[nH]c(C(C)NCc2cnn(C3CCS(=O)(=O)C3)c2)n1. The van der Waals surface area contributed by atoms with Gasteiger partial charge < -0.3 is 5.32 Å². The summed E-state index contributed by atoms with van der Waals surface area (Å²) in [4.78, 5) is 4.49. The number of sulfone groups is 1. The van der Waals surface area contributed by atoms with E-state index in [0.29, 0.717) is 18.9 Å². The van der Waals surface area contributed by atoms with Crippen molar-refractivity contribution in [3.63, 3.8) is 0 Å². The van der Waals surface area contributed by atoms with Gasteiger partial charge >= 0.3 is 0 Å². The van der Waals surface area contributed by atoms with E-state index in [2.05, 4.69) is 39.4 Å². The third-order valence-corrected chi connectivity index (χ3v) is 6.05. The molecule has 1 aliphatic heterocycles. The summed E-state index contributed by atoms with van der Waals surface area (Å²) in [5, 5.41) is 14.9. The molecule has 24 heavy (non-hydrogen) atoms. The topological polar surface area (TPSA) is 106 Å². The number of aromatic amines is 1. The maximum atomic E-state index is 11.6. The molecule has 1 fully saturated rings. The summed E-state index contributed by atoms with van der Waals surface area (Å²) in [7, 11) is -2.90. The summed E-state index contributed by atoms with van der Waals surface area (Å²) in [6.07, 6.45) is 4.35. The highest BCUT2D eigenvalue weighted by atomic mass is 32.2. The smallest absolute Gasteiger partial charge is 0.153 e. The van der Waals surface area contributed by atoms with Crippen molar-refractivity contribution >= 4 is 9.84 Å². The van der Waals surface area contributed by atoms with E-state index in [1.165, 1.54) is 0 Å². The molecule has 9 heteroatoms. The van der Waals surface area contributed by atoms with Crippen LogP contribution in [0, 0.1) is 0 Å². The monoisotopic (exact) mass is 352 g/mol. The van der Waals surface area contributed by atoms with E-state index in [-0.39, 0.29) is 23.6 Å². The Morgan fingerprint density at radius 3 is 2.83 bits per heavy atom. The molecular weight excluding hydrogens is 328 g/mol. The number of aromatic nitrogens is 5. The highest BCUT2D eigenvalue weighted by Crippen LogP contribution is 2.23. The van der Waals surface area contributed by atoms with Gasteiger partial charge in [0.05, 0.1) is 29.8 Å². The maximum Gasteiger partial charge on any atom is 0.153 e. The molecule has 1 saturated heterocycles. The molecule has 8 nitrogen and oxygen atoms in total. The van der Waals surface area contributed by atoms with Gasteiger partial charge in [0.2, 0.25) is 0 Å². The predicted octanol–water partition coefficient (Wildman–Crippen LogP) is 1.33. The summed E-state index contributed by atoms with van der Waals surface area (Å²) in [6.45, 7) is 6.78. The van der Waals surface area contributed by atoms with Gasteiger partial charge in [-0.25, -0.2) is 13.4 Å². The summed E-state index contributed by atoms with van der Waals surface area (Å²) in [6, 6.07) is 0.00394. The van der Waals surface area contributed by atoms with Crippen molar-refractivity contribution < 1.29 is 8.42 Å². The van der Waals surface area contributed by atoms with Crippen LogP contribution in [0.2, 0.25) is 0 Å². The van der Waals surface area contributed by atoms with E-state index in [1.807, 2.05) is 13.1 Å². The van der Waals surface area contributed by atoms with Crippen LogP contribution in [0.15, 0.2) is 12.4 Å². The third-order valence-electron chi connectivity index (χ3n) is 4.30. The second-order valence-corrected chi connectivity index (χ2v) is 8.95. The van der Waals surface area contributed by atoms with Crippen molar-refractivity contribution in [1.82, 2.24) is 30.3 Å². The Bertz CT molecular complexity index is 795. The van der Waals surface area contributed by atoms with Crippen LogP contribution in [0.5, 0.6) is 0 Å². The lowest BCUT2D eigenvalue weighted by Crippen LogP contribution is -2.19. The summed E-state index contributed by atoms with van der Waals surface area (Å²) < 4.78 is 24.9. The fourth-order valence-electron chi connectivity index (χ4n) is 2.76. The molecule has 3 heterocycles. The van der Waals surface area contributed by atoms with Crippen molar-refractivity contribution in [2.24, 2.45) is 0 Å². The molecule has 0 amide bonds. The van der Waals surface area contributed by atoms with Gasteiger partial charge in [0.1, 0.15) is 5.82 Å². The van der Waals surface area contributed by atoms with Crippen molar-refractivity contribution in [1.29, 1.82) is 0 Å². The van der Waals surface area contributed by atoms with Gasteiger partial charge in [-0.2, -0.15) is 10.2 Å². The molecule has 0 radical (unpaired) electrons. The van der Waals surface area contributed by atoms with Crippen LogP contribution in [-0.4, -0.2) is 44.9 Å². The van der Waals surface area contributed by atoms with E-state index in [1.54, 1.807) is 10.9 Å². The van der Waals surface area contributed by atoms with Crippen LogP contribution in [0.3, 0.4) is 0 Å². The molecular formula is C15H24N6O2S. The molecule has 0 saturated carbocycles. The molecule has 1 aliphatic rings. The van der Waals surface area contributed by atoms with E-state index in [4.69, 9.17) is 0 Å². The second kappa shape index (κ2) is 6.64. The van der Waals surface area contributed by atoms with Crippen LogP contribution in [0.1, 0.15) is 62.4 Å². The van der Waals surface area contributed by atoms with Crippen LogP contribution >= 0.6 is 0 Å². The Morgan fingerprint density at radius 1 is 1.42 bits per heavy atom. The van der Waals surface area contributed by atoms with Gasteiger partial charge in [0.15, 0.2) is 15.7 Å². The van der Waals surface area contributed by atoms with Crippen LogP contribution in [0.4, 0.5) is 0 Å².